The number of benzene rings is 1. The first kappa shape index (κ1) is 10.7. The highest BCUT2D eigenvalue weighted by Gasteiger charge is 2.19. The lowest BCUT2D eigenvalue weighted by Crippen LogP contribution is -2.37. The summed E-state index contributed by atoms with van der Waals surface area (Å²) in [5.74, 6) is 0.0690. The van der Waals surface area contributed by atoms with Crippen LogP contribution in [0, 0.1) is 0 Å². The van der Waals surface area contributed by atoms with E-state index >= 15 is 0 Å². The molecule has 0 aromatic heterocycles. The Kier molecular flexibility index (Phi) is 2.46. The van der Waals surface area contributed by atoms with Crippen LogP contribution in [0.15, 0.2) is 36.4 Å². The van der Waals surface area contributed by atoms with E-state index in [-0.39, 0.29) is 5.75 Å². The normalized spacial score (nSPS) is 24.2. The zero-order chi connectivity index (χ0) is 11.8. The number of aliphatic hydroxyl groups is 1. The van der Waals surface area contributed by atoms with Gasteiger partial charge >= 0.3 is 0 Å². The second kappa shape index (κ2) is 3.66. The molecule has 0 amide bonds. The molecule has 0 bridgehead atoms. The number of nitrogen functional groups attached to an aromatic ring is 1. The summed E-state index contributed by atoms with van der Waals surface area (Å²) in [4.78, 5) is 0. The molecule has 16 heavy (non-hydrogen) atoms. The Labute approximate surface area is 93.5 Å². The molecular weight excluding hydrogens is 204 g/mol. The van der Waals surface area contributed by atoms with E-state index < -0.39 is 5.72 Å². The minimum absolute atomic E-state index is 0.0690. The molecule has 4 heteroatoms. The van der Waals surface area contributed by atoms with Gasteiger partial charge in [0.2, 0.25) is 0 Å². The maximum absolute atomic E-state index is 9.52. The lowest BCUT2D eigenvalue weighted by atomic mass is 9.95. The van der Waals surface area contributed by atoms with E-state index in [1.807, 2.05) is 6.08 Å². The smallest absolute Gasteiger partial charge is 0.138 e. The molecule has 1 aromatic rings. The summed E-state index contributed by atoms with van der Waals surface area (Å²) >= 11 is 0. The van der Waals surface area contributed by atoms with Crippen molar-refractivity contribution in [3.05, 3.63) is 42.0 Å². The van der Waals surface area contributed by atoms with Gasteiger partial charge in [0, 0.05) is 6.42 Å². The van der Waals surface area contributed by atoms with Crippen LogP contribution in [0.4, 0.5) is 5.69 Å². The molecule has 0 heterocycles. The summed E-state index contributed by atoms with van der Waals surface area (Å²) in [6, 6.07) is 5.00. The molecule has 84 valence electrons. The summed E-state index contributed by atoms with van der Waals surface area (Å²) in [6.45, 7) is 0. The summed E-state index contributed by atoms with van der Waals surface area (Å²) in [5, 5.41) is 18.8. The van der Waals surface area contributed by atoms with E-state index in [0.29, 0.717) is 12.1 Å². The predicted molar refractivity (Wildman–Crippen MR) is 63.4 cm³/mol. The predicted octanol–water partition coefficient (Wildman–Crippen LogP) is 0.965. The minimum Gasteiger partial charge on any atom is -0.506 e. The zero-order valence-corrected chi connectivity index (χ0v) is 8.72. The maximum Gasteiger partial charge on any atom is 0.138 e. The average molecular weight is 218 g/mol. The Morgan fingerprint density at radius 2 is 2.06 bits per heavy atom. The van der Waals surface area contributed by atoms with E-state index in [1.165, 1.54) is 0 Å². The van der Waals surface area contributed by atoms with Crippen LogP contribution in [0.5, 0.6) is 5.75 Å². The molecule has 1 atom stereocenters. The molecule has 0 saturated carbocycles. The highest BCUT2D eigenvalue weighted by Crippen LogP contribution is 2.28. The van der Waals surface area contributed by atoms with Crippen LogP contribution in [0.3, 0.4) is 0 Å². The van der Waals surface area contributed by atoms with Gasteiger partial charge in [-0.25, -0.2) is 0 Å². The molecule has 4 nitrogen and oxygen atoms in total. The van der Waals surface area contributed by atoms with Crippen molar-refractivity contribution in [2.45, 2.75) is 12.1 Å². The van der Waals surface area contributed by atoms with Gasteiger partial charge in [-0.15, -0.1) is 0 Å². The molecule has 1 aromatic carbocycles. The fraction of sp³-hybridized carbons (Fsp3) is 0.167. The molecule has 6 N–H and O–H groups in total. The van der Waals surface area contributed by atoms with E-state index in [4.69, 9.17) is 11.5 Å². The van der Waals surface area contributed by atoms with Crippen molar-refractivity contribution in [3.63, 3.8) is 0 Å². The van der Waals surface area contributed by atoms with Crippen LogP contribution >= 0.6 is 0 Å². The molecule has 1 aliphatic carbocycles. The fourth-order valence-corrected chi connectivity index (χ4v) is 1.59. The topological polar surface area (TPSA) is 92.5 Å². The fourth-order valence-electron chi connectivity index (χ4n) is 1.59. The molecule has 0 spiro atoms. The van der Waals surface area contributed by atoms with Crippen LogP contribution in [-0.2, 0) is 0 Å². The van der Waals surface area contributed by atoms with Gasteiger partial charge in [-0.05, 0) is 29.3 Å². The van der Waals surface area contributed by atoms with Crippen molar-refractivity contribution in [2.24, 2.45) is 5.73 Å². The first-order valence-electron chi connectivity index (χ1n) is 4.97. The number of aromatic hydroxyl groups is 1. The first-order valence-corrected chi connectivity index (χ1v) is 4.97. The molecule has 2 rings (SSSR count). The van der Waals surface area contributed by atoms with Gasteiger partial charge < -0.3 is 21.7 Å². The summed E-state index contributed by atoms with van der Waals surface area (Å²) in [7, 11) is 0. The highest BCUT2D eigenvalue weighted by atomic mass is 16.3. The third-order valence-corrected chi connectivity index (χ3v) is 2.56. The second-order valence-corrected chi connectivity index (χ2v) is 3.96. The number of hydrogen-bond donors (Lipinski definition) is 4. The Bertz CT molecular complexity index is 476. The minimum atomic E-state index is -1.26. The Morgan fingerprint density at radius 3 is 2.62 bits per heavy atom. The lowest BCUT2D eigenvalue weighted by Gasteiger charge is -2.21. The zero-order valence-electron chi connectivity index (χ0n) is 8.72. The number of allylic oxidation sites excluding steroid dienone is 2. The van der Waals surface area contributed by atoms with Crippen molar-refractivity contribution in [3.8, 4) is 5.75 Å². The van der Waals surface area contributed by atoms with Gasteiger partial charge in [0.05, 0.1) is 5.69 Å². The molecule has 0 aliphatic heterocycles. The Morgan fingerprint density at radius 1 is 1.31 bits per heavy atom. The van der Waals surface area contributed by atoms with Gasteiger partial charge in [-0.3, -0.25) is 0 Å². The van der Waals surface area contributed by atoms with E-state index in [1.54, 1.807) is 30.4 Å². The third kappa shape index (κ3) is 2.08. The lowest BCUT2D eigenvalue weighted by molar-refractivity contribution is 0.101. The number of anilines is 1. The number of phenols is 1. The monoisotopic (exact) mass is 218 g/mol. The van der Waals surface area contributed by atoms with Crippen molar-refractivity contribution >= 4 is 11.3 Å². The average Bonchev–Trinajstić information content (AvgIpc) is 2.22. The van der Waals surface area contributed by atoms with Crippen LogP contribution in [0.1, 0.15) is 12.0 Å². The van der Waals surface area contributed by atoms with Crippen LogP contribution in [0.2, 0.25) is 0 Å². The Balaban J connectivity index is 2.30. The van der Waals surface area contributed by atoms with E-state index in [2.05, 4.69) is 0 Å². The highest BCUT2D eigenvalue weighted by molar-refractivity contribution is 5.78. The van der Waals surface area contributed by atoms with Gasteiger partial charge in [0.25, 0.3) is 0 Å². The largest absolute Gasteiger partial charge is 0.506 e. The van der Waals surface area contributed by atoms with Gasteiger partial charge in [0.15, 0.2) is 0 Å². The molecule has 0 radical (unpaired) electrons. The third-order valence-electron chi connectivity index (χ3n) is 2.56. The van der Waals surface area contributed by atoms with Gasteiger partial charge in [-0.2, -0.15) is 0 Å². The Hall–Kier alpha value is -1.78. The first-order chi connectivity index (χ1) is 7.48. The van der Waals surface area contributed by atoms with Crippen LogP contribution < -0.4 is 11.5 Å². The van der Waals surface area contributed by atoms with Crippen molar-refractivity contribution < 1.29 is 10.2 Å². The van der Waals surface area contributed by atoms with Crippen molar-refractivity contribution in [1.29, 1.82) is 0 Å². The van der Waals surface area contributed by atoms with Gasteiger partial charge in [-0.1, -0.05) is 18.2 Å². The van der Waals surface area contributed by atoms with E-state index in [9.17, 15) is 10.2 Å². The molecule has 0 saturated heterocycles. The molecular formula is C12H14N2O2. The van der Waals surface area contributed by atoms with Crippen LogP contribution in [-0.4, -0.2) is 15.9 Å². The number of nitrogens with two attached hydrogens (primary N) is 2. The SMILES string of the molecule is Nc1cc(C2=CCC(N)(O)C=C2)ccc1O. The second-order valence-electron chi connectivity index (χ2n) is 3.96. The van der Waals surface area contributed by atoms with Crippen molar-refractivity contribution in [2.75, 3.05) is 5.73 Å². The number of phenolic OH excluding ortho intramolecular Hbond substituents is 1. The summed E-state index contributed by atoms with van der Waals surface area (Å²) in [6.07, 6.45) is 5.49. The number of hydrogen-bond acceptors (Lipinski definition) is 4. The van der Waals surface area contributed by atoms with Crippen LogP contribution in [0.25, 0.3) is 5.57 Å². The summed E-state index contributed by atoms with van der Waals surface area (Å²) < 4.78 is 0. The summed E-state index contributed by atoms with van der Waals surface area (Å²) in [5.41, 5.74) is 12.0. The quantitative estimate of drug-likeness (QED) is 0.321. The molecule has 1 aliphatic rings. The molecule has 1 unspecified atom stereocenters. The van der Waals surface area contributed by atoms with Crippen molar-refractivity contribution in [1.82, 2.24) is 0 Å². The van der Waals surface area contributed by atoms with E-state index in [0.717, 1.165) is 11.1 Å². The maximum atomic E-state index is 9.52. The van der Waals surface area contributed by atoms with Gasteiger partial charge in [0.1, 0.15) is 11.5 Å². The number of rotatable bonds is 1. The standard InChI is InChI=1S/C12H14N2O2/c13-10-7-9(1-2-11(10)15)8-3-5-12(14,16)6-4-8/h1-5,7,15-16H,6,13-14H2. The molecule has 0 fully saturated rings.